The van der Waals surface area contributed by atoms with Gasteiger partial charge in [-0.3, -0.25) is 14.5 Å². The molecule has 1 amide bonds. The molecule has 0 unspecified atom stereocenters. The molecule has 0 saturated carbocycles. The first-order chi connectivity index (χ1) is 10.5. The van der Waals surface area contributed by atoms with Crippen molar-refractivity contribution in [3.05, 3.63) is 41.0 Å². The number of nitrogens with two attached hydrogens (primary N) is 1. The summed E-state index contributed by atoms with van der Waals surface area (Å²) in [6.07, 6.45) is 1.56. The summed E-state index contributed by atoms with van der Waals surface area (Å²) < 4.78 is 7.03. The number of hydrogen-bond acceptors (Lipinski definition) is 5. The minimum atomic E-state index is -0.539. The van der Waals surface area contributed by atoms with Crippen molar-refractivity contribution in [3.63, 3.8) is 0 Å². The van der Waals surface area contributed by atoms with Crippen molar-refractivity contribution in [2.75, 3.05) is 19.0 Å². The number of nitrogens with zero attached hydrogens (tertiary/aromatic N) is 3. The van der Waals surface area contributed by atoms with Crippen LogP contribution >= 0.6 is 0 Å². The lowest BCUT2D eigenvalue weighted by molar-refractivity contribution is 0.0995. The topological polar surface area (TPSA) is 95.1 Å². The second-order valence-electron chi connectivity index (χ2n) is 5.01. The molecule has 0 fully saturated rings. The summed E-state index contributed by atoms with van der Waals surface area (Å²) in [6, 6.07) is 3.44. The molecule has 0 spiro atoms. The summed E-state index contributed by atoms with van der Waals surface area (Å²) in [7, 11) is 1.67. The predicted octanol–water partition coefficient (Wildman–Crippen LogP) is 1.25. The Balaban J connectivity index is 2.10. The van der Waals surface area contributed by atoms with E-state index in [0.29, 0.717) is 13.2 Å². The van der Waals surface area contributed by atoms with E-state index in [2.05, 4.69) is 15.4 Å². The van der Waals surface area contributed by atoms with Crippen molar-refractivity contribution in [3.8, 4) is 0 Å². The highest BCUT2D eigenvalue weighted by molar-refractivity contribution is 5.91. The van der Waals surface area contributed by atoms with E-state index in [0.717, 1.165) is 29.2 Å². The van der Waals surface area contributed by atoms with Gasteiger partial charge in [-0.1, -0.05) is 0 Å². The quantitative estimate of drug-likeness (QED) is 0.802. The van der Waals surface area contributed by atoms with Crippen molar-refractivity contribution in [2.45, 2.75) is 26.9 Å². The van der Waals surface area contributed by atoms with Crippen LogP contribution in [0.15, 0.2) is 18.3 Å². The molecule has 2 aromatic heterocycles. The van der Waals surface area contributed by atoms with E-state index in [1.165, 1.54) is 0 Å². The first-order valence-electron chi connectivity index (χ1n) is 7.04. The van der Waals surface area contributed by atoms with Gasteiger partial charge in [0.15, 0.2) is 0 Å². The lowest BCUT2D eigenvalue weighted by atomic mass is 10.2. The summed E-state index contributed by atoms with van der Waals surface area (Å²) in [5.41, 5.74) is 9.49. The van der Waals surface area contributed by atoms with Gasteiger partial charge < -0.3 is 15.8 Å². The van der Waals surface area contributed by atoms with E-state index in [9.17, 15) is 4.79 Å². The SMILES string of the molecule is COCCn1nc(C)c(CNc2ccnc(C(N)=O)c2)c1C. The van der Waals surface area contributed by atoms with Gasteiger partial charge in [-0.15, -0.1) is 0 Å². The van der Waals surface area contributed by atoms with Crippen LogP contribution in [-0.4, -0.2) is 34.4 Å². The lowest BCUT2D eigenvalue weighted by Crippen LogP contribution is -2.13. The van der Waals surface area contributed by atoms with Crippen LogP contribution in [0.3, 0.4) is 0 Å². The van der Waals surface area contributed by atoms with Gasteiger partial charge in [0.2, 0.25) is 0 Å². The standard InChI is InChI=1S/C15H21N5O2/c1-10-13(11(2)20(19-10)6-7-22-3)9-18-12-4-5-17-14(8-12)15(16)21/h4-5,8H,6-7,9H2,1-3H3,(H2,16,21)(H,17,18). The molecule has 0 aliphatic rings. The van der Waals surface area contributed by atoms with E-state index in [1.54, 1.807) is 25.4 Å². The Morgan fingerprint density at radius 1 is 1.45 bits per heavy atom. The van der Waals surface area contributed by atoms with Crippen LogP contribution in [0, 0.1) is 13.8 Å². The Morgan fingerprint density at radius 3 is 2.91 bits per heavy atom. The van der Waals surface area contributed by atoms with Gasteiger partial charge in [-0.05, 0) is 26.0 Å². The van der Waals surface area contributed by atoms with Crippen LogP contribution < -0.4 is 11.1 Å². The first-order valence-corrected chi connectivity index (χ1v) is 7.04. The molecule has 2 heterocycles. The number of anilines is 1. The Kier molecular flexibility index (Phi) is 5.11. The zero-order valence-electron chi connectivity index (χ0n) is 13.1. The van der Waals surface area contributed by atoms with Gasteiger partial charge in [0.05, 0.1) is 18.8 Å². The third kappa shape index (κ3) is 3.62. The molecule has 0 bridgehead atoms. The number of nitrogens with one attached hydrogen (secondary N) is 1. The van der Waals surface area contributed by atoms with Gasteiger partial charge >= 0.3 is 0 Å². The summed E-state index contributed by atoms with van der Waals surface area (Å²) in [6.45, 7) is 5.99. The van der Waals surface area contributed by atoms with Gasteiger partial charge in [0.1, 0.15) is 5.69 Å². The van der Waals surface area contributed by atoms with Gasteiger partial charge in [0, 0.05) is 36.8 Å². The summed E-state index contributed by atoms with van der Waals surface area (Å²) in [5.74, 6) is -0.539. The second-order valence-corrected chi connectivity index (χ2v) is 5.01. The third-order valence-corrected chi connectivity index (χ3v) is 3.52. The molecule has 0 atom stereocenters. The Morgan fingerprint density at radius 2 is 2.23 bits per heavy atom. The number of aryl methyl sites for hydroxylation is 1. The largest absolute Gasteiger partial charge is 0.383 e. The minimum absolute atomic E-state index is 0.245. The molecule has 3 N–H and O–H groups in total. The highest BCUT2D eigenvalue weighted by Crippen LogP contribution is 2.16. The molecule has 0 aliphatic carbocycles. The van der Waals surface area contributed by atoms with Crippen molar-refractivity contribution in [2.24, 2.45) is 5.73 Å². The fraction of sp³-hybridized carbons (Fsp3) is 0.400. The first kappa shape index (κ1) is 16.0. The number of primary amides is 1. The molecule has 0 aliphatic heterocycles. The molecular formula is C15H21N5O2. The maximum Gasteiger partial charge on any atom is 0.267 e. The third-order valence-electron chi connectivity index (χ3n) is 3.52. The molecule has 2 rings (SSSR count). The van der Waals surface area contributed by atoms with E-state index in [1.807, 2.05) is 18.5 Å². The van der Waals surface area contributed by atoms with E-state index >= 15 is 0 Å². The molecule has 0 aromatic carbocycles. The van der Waals surface area contributed by atoms with Crippen LogP contribution in [0.5, 0.6) is 0 Å². The monoisotopic (exact) mass is 303 g/mol. The van der Waals surface area contributed by atoms with Crippen molar-refractivity contribution >= 4 is 11.6 Å². The molecule has 7 nitrogen and oxygen atoms in total. The normalized spacial score (nSPS) is 10.7. The fourth-order valence-electron chi connectivity index (χ4n) is 2.25. The molecule has 7 heteroatoms. The Bertz CT molecular complexity index is 666. The number of pyridine rings is 1. The highest BCUT2D eigenvalue weighted by Gasteiger charge is 2.11. The predicted molar refractivity (Wildman–Crippen MR) is 83.7 cm³/mol. The lowest BCUT2D eigenvalue weighted by Gasteiger charge is -2.08. The van der Waals surface area contributed by atoms with Crippen LogP contribution in [0.4, 0.5) is 5.69 Å². The second kappa shape index (κ2) is 7.04. The number of carbonyl (C=O) groups is 1. The van der Waals surface area contributed by atoms with Crippen molar-refractivity contribution in [1.29, 1.82) is 0 Å². The number of methoxy groups -OCH3 is 1. The smallest absolute Gasteiger partial charge is 0.267 e. The number of amides is 1. The maximum atomic E-state index is 11.1. The highest BCUT2D eigenvalue weighted by atomic mass is 16.5. The molecule has 0 radical (unpaired) electrons. The summed E-state index contributed by atoms with van der Waals surface area (Å²) in [4.78, 5) is 15.1. The summed E-state index contributed by atoms with van der Waals surface area (Å²) in [5, 5.41) is 7.79. The van der Waals surface area contributed by atoms with Crippen LogP contribution in [0.1, 0.15) is 27.4 Å². The van der Waals surface area contributed by atoms with Crippen molar-refractivity contribution < 1.29 is 9.53 Å². The number of rotatable bonds is 7. The van der Waals surface area contributed by atoms with Crippen LogP contribution in [-0.2, 0) is 17.8 Å². The molecule has 22 heavy (non-hydrogen) atoms. The average molecular weight is 303 g/mol. The number of hydrogen-bond donors (Lipinski definition) is 2. The molecule has 2 aromatic rings. The van der Waals surface area contributed by atoms with Crippen LogP contribution in [0.2, 0.25) is 0 Å². The van der Waals surface area contributed by atoms with Crippen LogP contribution in [0.25, 0.3) is 0 Å². The number of aromatic nitrogens is 3. The molecule has 0 saturated heterocycles. The number of ether oxygens (including phenoxy) is 1. The van der Waals surface area contributed by atoms with E-state index in [-0.39, 0.29) is 5.69 Å². The van der Waals surface area contributed by atoms with E-state index < -0.39 is 5.91 Å². The van der Waals surface area contributed by atoms with Gasteiger partial charge in [-0.2, -0.15) is 5.10 Å². The zero-order valence-corrected chi connectivity index (χ0v) is 13.1. The molecule has 118 valence electrons. The van der Waals surface area contributed by atoms with E-state index in [4.69, 9.17) is 10.5 Å². The fourth-order valence-corrected chi connectivity index (χ4v) is 2.25. The zero-order chi connectivity index (χ0) is 16.1. The Hall–Kier alpha value is -2.41. The van der Waals surface area contributed by atoms with Crippen molar-refractivity contribution in [1.82, 2.24) is 14.8 Å². The number of carbonyl (C=O) groups excluding carboxylic acids is 1. The van der Waals surface area contributed by atoms with Gasteiger partial charge in [0.25, 0.3) is 5.91 Å². The summed E-state index contributed by atoms with van der Waals surface area (Å²) >= 11 is 0. The molecular weight excluding hydrogens is 282 g/mol. The minimum Gasteiger partial charge on any atom is -0.383 e. The Labute approximate surface area is 129 Å². The van der Waals surface area contributed by atoms with Gasteiger partial charge in [-0.25, -0.2) is 0 Å². The average Bonchev–Trinajstić information content (AvgIpc) is 2.77. The maximum absolute atomic E-state index is 11.1.